The van der Waals surface area contributed by atoms with Gasteiger partial charge in [-0.15, -0.1) is 5.10 Å². The zero-order valence-corrected chi connectivity index (χ0v) is 23.2. The molecule has 41 heavy (non-hydrogen) atoms. The average molecular weight is 552 g/mol. The second-order valence-corrected chi connectivity index (χ2v) is 10.1. The molecule has 5 aromatic rings. The zero-order valence-electron chi connectivity index (χ0n) is 23.2. The van der Waals surface area contributed by atoms with Gasteiger partial charge in [-0.3, -0.25) is 9.69 Å². The van der Waals surface area contributed by atoms with Crippen molar-refractivity contribution in [2.24, 2.45) is 0 Å². The zero-order chi connectivity index (χ0) is 28.2. The number of hydrogen-bond donors (Lipinski definition) is 1. The summed E-state index contributed by atoms with van der Waals surface area (Å²) in [7, 11) is 3.31. The number of ether oxygens (including phenoxy) is 2. The van der Waals surface area contributed by atoms with Gasteiger partial charge in [-0.25, -0.2) is 4.68 Å². The molecule has 3 aromatic carbocycles. The van der Waals surface area contributed by atoms with E-state index >= 15 is 0 Å². The molecule has 1 aliphatic rings. The van der Waals surface area contributed by atoms with Crippen molar-refractivity contribution in [3.8, 4) is 11.5 Å². The van der Waals surface area contributed by atoms with Crippen LogP contribution in [0.1, 0.15) is 23.0 Å². The second-order valence-electron chi connectivity index (χ2n) is 10.1. The number of benzene rings is 3. The molecule has 3 heterocycles. The van der Waals surface area contributed by atoms with Crippen molar-refractivity contribution < 1.29 is 9.47 Å². The van der Waals surface area contributed by atoms with Crippen LogP contribution >= 0.6 is 0 Å². The molecule has 6 rings (SSSR count). The van der Waals surface area contributed by atoms with Gasteiger partial charge < -0.3 is 19.4 Å². The Morgan fingerprint density at radius 2 is 1.68 bits per heavy atom. The van der Waals surface area contributed by atoms with Gasteiger partial charge in [-0.2, -0.15) is 0 Å². The molecule has 10 nitrogen and oxygen atoms in total. The third-order valence-electron chi connectivity index (χ3n) is 7.74. The number of anilines is 1. The van der Waals surface area contributed by atoms with E-state index in [1.54, 1.807) is 14.2 Å². The molecule has 1 fully saturated rings. The van der Waals surface area contributed by atoms with Gasteiger partial charge in [0.25, 0.3) is 5.56 Å². The van der Waals surface area contributed by atoms with Gasteiger partial charge >= 0.3 is 0 Å². The van der Waals surface area contributed by atoms with E-state index in [1.165, 1.54) is 5.56 Å². The van der Waals surface area contributed by atoms with Crippen molar-refractivity contribution in [3.05, 3.63) is 106 Å². The maximum Gasteiger partial charge on any atom is 0.253 e. The summed E-state index contributed by atoms with van der Waals surface area (Å²) in [6, 6.07) is 25.6. The average Bonchev–Trinajstić information content (AvgIpc) is 3.49. The first-order valence-electron chi connectivity index (χ1n) is 13.8. The number of nitrogens with one attached hydrogen (secondary N) is 1. The molecule has 0 radical (unpaired) electrons. The first-order chi connectivity index (χ1) is 20.1. The number of fused-ring (bicyclic) bond motifs is 1. The molecule has 1 atom stereocenters. The van der Waals surface area contributed by atoms with Gasteiger partial charge in [0.05, 0.1) is 25.4 Å². The Labute approximate surface area is 238 Å². The predicted octanol–water partition coefficient (Wildman–Crippen LogP) is 3.69. The third-order valence-corrected chi connectivity index (χ3v) is 7.74. The van der Waals surface area contributed by atoms with E-state index in [-0.39, 0.29) is 5.56 Å². The van der Waals surface area contributed by atoms with Crippen LogP contribution in [0.15, 0.2) is 83.7 Å². The monoisotopic (exact) mass is 551 g/mol. The first-order valence-corrected chi connectivity index (χ1v) is 13.8. The quantitative estimate of drug-likeness (QED) is 0.296. The van der Waals surface area contributed by atoms with Crippen LogP contribution in [-0.4, -0.2) is 70.5 Å². The van der Waals surface area contributed by atoms with Crippen molar-refractivity contribution in [1.82, 2.24) is 30.1 Å². The number of nitrogens with zero attached hydrogens (tertiary/aromatic N) is 6. The smallest absolute Gasteiger partial charge is 0.253 e. The molecule has 1 aliphatic heterocycles. The standard InChI is InChI=1S/C31H33N7O3/c1-40-24-13-12-23-20-25(31(39)32-26(23)21-24)29(30-33-34-35-38(30)15-14-22-8-4-3-5-9-22)37-18-16-36(17-19-37)27-10-6-7-11-28(27)41-2/h3-13,20-21,29H,14-19H2,1-2H3,(H,32,39)/t29-/m1/s1. The maximum atomic E-state index is 13.6. The van der Waals surface area contributed by atoms with Crippen molar-refractivity contribution >= 4 is 16.6 Å². The van der Waals surface area contributed by atoms with E-state index in [1.807, 2.05) is 65.3 Å². The molecule has 0 amide bonds. The molecular weight excluding hydrogens is 518 g/mol. The van der Waals surface area contributed by atoms with Crippen LogP contribution in [0.4, 0.5) is 5.69 Å². The number of aromatic nitrogens is 5. The second kappa shape index (κ2) is 11.8. The van der Waals surface area contributed by atoms with E-state index in [4.69, 9.17) is 9.47 Å². The minimum absolute atomic E-state index is 0.166. The molecule has 0 unspecified atom stereocenters. The number of aryl methyl sites for hydroxylation is 2. The Morgan fingerprint density at radius 3 is 2.46 bits per heavy atom. The van der Waals surface area contributed by atoms with Gasteiger partial charge in [0, 0.05) is 44.4 Å². The Balaban J connectivity index is 1.35. The molecule has 2 aromatic heterocycles. The Kier molecular flexibility index (Phi) is 7.64. The molecule has 0 spiro atoms. The highest BCUT2D eigenvalue weighted by molar-refractivity contribution is 5.80. The van der Waals surface area contributed by atoms with Crippen molar-refractivity contribution in [1.29, 1.82) is 0 Å². The molecule has 210 valence electrons. The van der Waals surface area contributed by atoms with E-state index in [0.29, 0.717) is 36.8 Å². The number of para-hydroxylation sites is 2. The topological polar surface area (TPSA) is 101 Å². The summed E-state index contributed by atoms with van der Waals surface area (Å²) in [5, 5.41) is 13.8. The van der Waals surface area contributed by atoms with Crippen LogP contribution in [-0.2, 0) is 13.0 Å². The molecule has 0 bridgehead atoms. The summed E-state index contributed by atoms with van der Waals surface area (Å²) in [6.45, 7) is 3.58. The Morgan fingerprint density at radius 1 is 0.902 bits per heavy atom. The van der Waals surface area contributed by atoms with Crippen molar-refractivity contribution in [3.63, 3.8) is 0 Å². The van der Waals surface area contributed by atoms with E-state index in [9.17, 15) is 4.79 Å². The summed E-state index contributed by atoms with van der Waals surface area (Å²) >= 11 is 0. The van der Waals surface area contributed by atoms with Crippen LogP contribution in [0.2, 0.25) is 0 Å². The van der Waals surface area contributed by atoms with Crippen molar-refractivity contribution in [2.45, 2.75) is 19.0 Å². The summed E-state index contributed by atoms with van der Waals surface area (Å²) in [5.41, 5.74) is 3.44. The van der Waals surface area contributed by atoms with Gasteiger partial charge in [-0.1, -0.05) is 42.5 Å². The number of piperazine rings is 1. The summed E-state index contributed by atoms with van der Waals surface area (Å²) < 4.78 is 12.8. The van der Waals surface area contributed by atoms with Crippen LogP contribution in [0, 0.1) is 0 Å². The minimum Gasteiger partial charge on any atom is -0.497 e. The number of methoxy groups -OCH3 is 2. The van der Waals surface area contributed by atoms with E-state index in [2.05, 4.69) is 48.5 Å². The number of pyridine rings is 1. The molecule has 1 N–H and O–H groups in total. The highest BCUT2D eigenvalue weighted by Crippen LogP contribution is 2.32. The highest BCUT2D eigenvalue weighted by Gasteiger charge is 2.33. The summed E-state index contributed by atoms with van der Waals surface area (Å²) in [4.78, 5) is 21.3. The van der Waals surface area contributed by atoms with Crippen LogP contribution in [0.5, 0.6) is 11.5 Å². The lowest BCUT2D eigenvalue weighted by Gasteiger charge is -2.40. The molecule has 1 saturated heterocycles. The SMILES string of the molecule is COc1ccc2cc([C@H](c3nnnn3CCc3ccccc3)N3CCN(c4ccccc4OC)CC3)c(=O)[nH]c2c1. The Hall–Kier alpha value is -4.70. The van der Waals surface area contributed by atoms with Crippen LogP contribution in [0.3, 0.4) is 0 Å². The number of hydrogen-bond acceptors (Lipinski definition) is 8. The van der Waals surface area contributed by atoms with Gasteiger partial charge in [0.15, 0.2) is 5.82 Å². The number of tetrazole rings is 1. The van der Waals surface area contributed by atoms with Gasteiger partial charge in [0.1, 0.15) is 17.5 Å². The van der Waals surface area contributed by atoms with Crippen LogP contribution in [0.25, 0.3) is 10.9 Å². The Bertz CT molecular complexity index is 1680. The number of aromatic amines is 1. The first kappa shape index (κ1) is 26.5. The normalized spacial score (nSPS) is 14.7. The van der Waals surface area contributed by atoms with Crippen LogP contribution < -0.4 is 19.9 Å². The lowest BCUT2D eigenvalue weighted by Crippen LogP contribution is -2.49. The van der Waals surface area contributed by atoms with Crippen molar-refractivity contribution in [2.75, 3.05) is 45.3 Å². The maximum absolute atomic E-state index is 13.6. The lowest BCUT2D eigenvalue weighted by molar-refractivity contribution is 0.199. The number of H-pyrrole nitrogens is 1. The van der Waals surface area contributed by atoms with Gasteiger partial charge in [0.2, 0.25) is 0 Å². The highest BCUT2D eigenvalue weighted by atomic mass is 16.5. The fourth-order valence-corrected chi connectivity index (χ4v) is 5.58. The molecule has 0 aliphatic carbocycles. The lowest BCUT2D eigenvalue weighted by atomic mass is 10.0. The fourth-order valence-electron chi connectivity index (χ4n) is 5.58. The van der Waals surface area contributed by atoms with E-state index < -0.39 is 6.04 Å². The predicted molar refractivity (Wildman–Crippen MR) is 158 cm³/mol. The number of rotatable bonds is 9. The molecule has 0 saturated carbocycles. The van der Waals surface area contributed by atoms with Gasteiger partial charge in [-0.05, 0) is 58.1 Å². The summed E-state index contributed by atoms with van der Waals surface area (Å²) in [6.07, 6.45) is 0.779. The fraction of sp³-hybridized carbons (Fsp3) is 0.290. The largest absolute Gasteiger partial charge is 0.497 e. The third kappa shape index (κ3) is 5.51. The molecule has 10 heteroatoms. The van der Waals surface area contributed by atoms with E-state index in [0.717, 1.165) is 41.9 Å². The summed E-state index contributed by atoms with van der Waals surface area (Å²) in [5.74, 6) is 2.20. The minimum atomic E-state index is -0.421. The molecular formula is C31H33N7O3.